The Kier molecular flexibility index (Phi) is 6.35. The van der Waals surface area contributed by atoms with Crippen molar-refractivity contribution in [2.75, 3.05) is 50.7 Å². The lowest BCUT2D eigenvalue weighted by atomic mass is 10.2. The third-order valence-electron chi connectivity index (χ3n) is 3.98. The number of amides is 1. The SMILES string of the molecule is C=CCN(CC=C)C(=O)CN1CCN(c2ccccc2F)CC1. The van der Waals surface area contributed by atoms with Crippen molar-refractivity contribution in [3.8, 4) is 0 Å². The van der Waals surface area contributed by atoms with Crippen molar-refractivity contribution in [3.63, 3.8) is 0 Å². The Morgan fingerprint density at radius 3 is 2.30 bits per heavy atom. The first-order valence-corrected chi connectivity index (χ1v) is 7.87. The highest BCUT2D eigenvalue weighted by Gasteiger charge is 2.22. The predicted molar refractivity (Wildman–Crippen MR) is 92.0 cm³/mol. The van der Waals surface area contributed by atoms with E-state index in [1.54, 1.807) is 29.2 Å². The summed E-state index contributed by atoms with van der Waals surface area (Å²) in [6, 6.07) is 6.82. The zero-order valence-corrected chi connectivity index (χ0v) is 13.5. The van der Waals surface area contributed by atoms with E-state index in [9.17, 15) is 9.18 Å². The van der Waals surface area contributed by atoms with Crippen LogP contribution in [0.15, 0.2) is 49.6 Å². The number of hydrogen-bond acceptors (Lipinski definition) is 3. The Bertz CT molecular complexity index is 543. The van der Waals surface area contributed by atoms with E-state index in [-0.39, 0.29) is 11.7 Å². The van der Waals surface area contributed by atoms with Crippen molar-refractivity contribution in [3.05, 3.63) is 55.4 Å². The predicted octanol–water partition coefficient (Wildman–Crippen LogP) is 2.15. The average molecular weight is 317 g/mol. The van der Waals surface area contributed by atoms with E-state index >= 15 is 0 Å². The molecule has 0 atom stereocenters. The lowest BCUT2D eigenvalue weighted by molar-refractivity contribution is -0.131. The lowest BCUT2D eigenvalue weighted by Crippen LogP contribution is -2.50. The molecular formula is C18H24FN3O. The molecular weight excluding hydrogens is 293 g/mol. The normalized spacial score (nSPS) is 15.3. The molecule has 0 spiro atoms. The second-order valence-electron chi connectivity index (χ2n) is 5.59. The van der Waals surface area contributed by atoms with Crippen LogP contribution in [0.5, 0.6) is 0 Å². The molecule has 124 valence electrons. The van der Waals surface area contributed by atoms with Crippen molar-refractivity contribution < 1.29 is 9.18 Å². The van der Waals surface area contributed by atoms with Crippen LogP contribution in [0.3, 0.4) is 0 Å². The largest absolute Gasteiger partial charge is 0.367 e. The molecule has 0 radical (unpaired) electrons. The Morgan fingerprint density at radius 2 is 1.74 bits per heavy atom. The fourth-order valence-electron chi connectivity index (χ4n) is 2.74. The summed E-state index contributed by atoms with van der Waals surface area (Å²) in [6.45, 7) is 11.7. The maximum atomic E-state index is 13.8. The number of rotatable bonds is 7. The van der Waals surface area contributed by atoms with Gasteiger partial charge < -0.3 is 9.80 Å². The van der Waals surface area contributed by atoms with E-state index in [1.807, 2.05) is 11.0 Å². The van der Waals surface area contributed by atoms with Gasteiger partial charge in [-0.1, -0.05) is 24.3 Å². The van der Waals surface area contributed by atoms with Crippen molar-refractivity contribution in [2.24, 2.45) is 0 Å². The van der Waals surface area contributed by atoms with Gasteiger partial charge in [-0.05, 0) is 12.1 Å². The summed E-state index contributed by atoms with van der Waals surface area (Å²) in [7, 11) is 0. The highest BCUT2D eigenvalue weighted by molar-refractivity contribution is 5.78. The fourth-order valence-corrected chi connectivity index (χ4v) is 2.74. The molecule has 1 amide bonds. The molecule has 5 heteroatoms. The first kappa shape index (κ1) is 17.2. The highest BCUT2D eigenvalue weighted by Crippen LogP contribution is 2.20. The molecule has 1 heterocycles. The quantitative estimate of drug-likeness (QED) is 0.721. The van der Waals surface area contributed by atoms with Gasteiger partial charge in [0.1, 0.15) is 5.82 Å². The molecule has 0 N–H and O–H groups in total. The number of nitrogens with zero attached hydrogens (tertiary/aromatic N) is 3. The average Bonchev–Trinajstić information content (AvgIpc) is 2.56. The highest BCUT2D eigenvalue weighted by atomic mass is 19.1. The van der Waals surface area contributed by atoms with Gasteiger partial charge in [-0.3, -0.25) is 9.69 Å². The van der Waals surface area contributed by atoms with E-state index in [1.165, 1.54) is 6.07 Å². The zero-order valence-electron chi connectivity index (χ0n) is 13.5. The summed E-state index contributed by atoms with van der Waals surface area (Å²) in [5, 5.41) is 0. The number of para-hydroxylation sites is 1. The van der Waals surface area contributed by atoms with Crippen LogP contribution in [0.1, 0.15) is 0 Å². The molecule has 0 aromatic heterocycles. The van der Waals surface area contributed by atoms with Gasteiger partial charge in [-0.15, -0.1) is 13.2 Å². The van der Waals surface area contributed by atoms with Gasteiger partial charge in [0.15, 0.2) is 0 Å². The zero-order chi connectivity index (χ0) is 16.7. The molecule has 0 unspecified atom stereocenters. The van der Waals surface area contributed by atoms with Gasteiger partial charge in [-0.25, -0.2) is 4.39 Å². The van der Waals surface area contributed by atoms with Gasteiger partial charge in [-0.2, -0.15) is 0 Å². The smallest absolute Gasteiger partial charge is 0.237 e. The minimum atomic E-state index is -0.194. The number of anilines is 1. The van der Waals surface area contributed by atoms with Gasteiger partial charge >= 0.3 is 0 Å². The Balaban J connectivity index is 1.87. The van der Waals surface area contributed by atoms with E-state index in [0.29, 0.717) is 25.3 Å². The molecule has 23 heavy (non-hydrogen) atoms. The summed E-state index contributed by atoms with van der Waals surface area (Å²) in [5.74, 6) is -0.121. The van der Waals surface area contributed by atoms with E-state index in [2.05, 4.69) is 18.1 Å². The maximum Gasteiger partial charge on any atom is 0.237 e. The summed E-state index contributed by atoms with van der Waals surface area (Å²) in [6.07, 6.45) is 3.44. The van der Waals surface area contributed by atoms with Crippen LogP contribution in [-0.2, 0) is 4.79 Å². The van der Waals surface area contributed by atoms with E-state index in [4.69, 9.17) is 0 Å². The Labute approximate surface area is 137 Å². The molecule has 0 saturated carbocycles. The number of carbonyl (C=O) groups is 1. The van der Waals surface area contributed by atoms with Crippen LogP contribution < -0.4 is 4.90 Å². The molecule has 1 aliphatic rings. The van der Waals surface area contributed by atoms with Gasteiger partial charge in [0, 0.05) is 39.3 Å². The number of benzene rings is 1. The summed E-state index contributed by atoms with van der Waals surface area (Å²) in [5.41, 5.74) is 0.637. The standard InChI is InChI=1S/C18H24FN3O/c1-3-9-22(10-4-2)18(23)15-20-11-13-21(14-12-20)17-8-6-5-7-16(17)19/h3-8H,1-2,9-15H2. The van der Waals surface area contributed by atoms with Crippen LogP contribution >= 0.6 is 0 Å². The molecule has 1 fully saturated rings. The van der Waals surface area contributed by atoms with E-state index in [0.717, 1.165) is 26.2 Å². The third kappa shape index (κ3) is 4.66. The molecule has 1 saturated heterocycles. The number of halogens is 1. The number of hydrogen-bond donors (Lipinski definition) is 0. The number of carbonyl (C=O) groups excluding carboxylic acids is 1. The third-order valence-corrected chi connectivity index (χ3v) is 3.98. The van der Waals surface area contributed by atoms with Crippen LogP contribution in [-0.4, -0.2) is 61.5 Å². The first-order chi connectivity index (χ1) is 11.2. The van der Waals surface area contributed by atoms with Crippen molar-refractivity contribution in [2.45, 2.75) is 0 Å². The topological polar surface area (TPSA) is 26.8 Å². The minimum absolute atomic E-state index is 0.0733. The monoisotopic (exact) mass is 317 g/mol. The first-order valence-electron chi connectivity index (χ1n) is 7.87. The van der Waals surface area contributed by atoms with Crippen LogP contribution in [0.25, 0.3) is 0 Å². The second kappa shape index (κ2) is 8.48. The Morgan fingerprint density at radius 1 is 1.13 bits per heavy atom. The second-order valence-corrected chi connectivity index (χ2v) is 5.59. The van der Waals surface area contributed by atoms with Crippen LogP contribution in [0.2, 0.25) is 0 Å². The summed E-state index contributed by atoms with van der Waals surface area (Å²) >= 11 is 0. The lowest BCUT2D eigenvalue weighted by Gasteiger charge is -2.36. The van der Waals surface area contributed by atoms with Crippen LogP contribution in [0, 0.1) is 5.82 Å². The molecule has 1 aromatic carbocycles. The molecule has 1 aromatic rings. The summed E-state index contributed by atoms with van der Waals surface area (Å²) in [4.78, 5) is 18.2. The Hall–Kier alpha value is -2.14. The minimum Gasteiger partial charge on any atom is -0.367 e. The summed E-state index contributed by atoms with van der Waals surface area (Å²) < 4.78 is 13.8. The van der Waals surface area contributed by atoms with Crippen molar-refractivity contribution in [1.82, 2.24) is 9.80 Å². The van der Waals surface area contributed by atoms with Gasteiger partial charge in [0.2, 0.25) is 5.91 Å². The molecule has 1 aliphatic heterocycles. The maximum absolute atomic E-state index is 13.8. The molecule has 2 rings (SSSR count). The van der Waals surface area contributed by atoms with Gasteiger partial charge in [0.25, 0.3) is 0 Å². The molecule has 0 aliphatic carbocycles. The van der Waals surface area contributed by atoms with Crippen molar-refractivity contribution in [1.29, 1.82) is 0 Å². The van der Waals surface area contributed by atoms with E-state index < -0.39 is 0 Å². The van der Waals surface area contributed by atoms with Crippen LogP contribution in [0.4, 0.5) is 10.1 Å². The van der Waals surface area contributed by atoms with Crippen molar-refractivity contribution >= 4 is 11.6 Å². The fraction of sp³-hybridized carbons (Fsp3) is 0.389. The molecule has 4 nitrogen and oxygen atoms in total. The van der Waals surface area contributed by atoms with Gasteiger partial charge in [0.05, 0.1) is 12.2 Å². The number of piperazine rings is 1. The molecule has 0 bridgehead atoms.